The second kappa shape index (κ2) is 6.48. The zero-order valence-electron chi connectivity index (χ0n) is 8.47. The van der Waals surface area contributed by atoms with Crippen molar-refractivity contribution in [3.63, 3.8) is 0 Å². The van der Waals surface area contributed by atoms with E-state index in [1.54, 1.807) is 0 Å². The van der Waals surface area contributed by atoms with Gasteiger partial charge in [0.25, 0.3) is 0 Å². The summed E-state index contributed by atoms with van der Waals surface area (Å²) in [7, 11) is 0. The van der Waals surface area contributed by atoms with Gasteiger partial charge in [0.15, 0.2) is 0 Å². The second-order valence-electron chi connectivity index (χ2n) is 3.31. The Labute approximate surface area is 87.9 Å². The monoisotopic (exact) mass is 215 g/mol. The van der Waals surface area contributed by atoms with Crippen LogP contribution in [0.5, 0.6) is 0 Å². The second-order valence-corrected chi connectivity index (χ2v) is 3.31. The minimum Gasteiger partial charge on any atom is -0.396 e. The van der Waals surface area contributed by atoms with Crippen LogP contribution in [-0.2, 0) is 6.42 Å². The van der Waals surface area contributed by atoms with E-state index in [2.05, 4.69) is 5.32 Å². The summed E-state index contributed by atoms with van der Waals surface area (Å²) in [6.07, 6.45) is 1.13. The number of halogens is 2. The molecule has 0 atom stereocenters. The van der Waals surface area contributed by atoms with Crippen molar-refractivity contribution < 1.29 is 13.9 Å². The number of hydrogen-bond donors (Lipinski definition) is 2. The Morgan fingerprint density at radius 3 is 2.73 bits per heavy atom. The lowest BCUT2D eigenvalue weighted by Gasteiger charge is -2.05. The molecule has 0 saturated carbocycles. The highest BCUT2D eigenvalue weighted by Crippen LogP contribution is 2.09. The van der Waals surface area contributed by atoms with Crippen molar-refractivity contribution in [3.05, 3.63) is 35.4 Å². The van der Waals surface area contributed by atoms with Gasteiger partial charge in [0.05, 0.1) is 0 Å². The molecule has 1 aromatic carbocycles. The lowest BCUT2D eigenvalue weighted by Crippen LogP contribution is -2.19. The third-order valence-electron chi connectivity index (χ3n) is 2.09. The molecule has 0 amide bonds. The summed E-state index contributed by atoms with van der Waals surface area (Å²) in [5.41, 5.74) is 0.381. The van der Waals surface area contributed by atoms with Gasteiger partial charge in [-0.05, 0) is 49.7 Å². The highest BCUT2D eigenvalue weighted by atomic mass is 19.1. The lowest BCUT2D eigenvalue weighted by atomic mass is 10.1. The number of aliphatic hydroxyl groups excluding tert-OH is 1. The van der Waals surface area contributed by atoms with Crippen molar-refractivity contribution in [2.24, 2.45) is 0 Å². The van der Waals surface area contributed by atoms with Gasteiger partial charge < -0.3 is 10.4 Å². The predicted octanol–water partition coefficient (Wildman–Crippen LogP) is 1.48. The van der Waals surface area contributed by atoms with Crippen LogP contribution in [0.15, 0.2) is 18.2 Å². The fourth-order valence-electron chi connectivity index (χ4n) is 1.29. The summed E-state index contributed by atoms with van der Waals surface area (Å²) >= 11 is 0. The molecule has 0 saturated heterocycles. The first kappa shape index (κ1) is 12.1. The number of rotatable bonds is 6. The van der Waals surface area contributed by atoms with E-state index in [0.717, 1.165) is 12.1 Å². The molecular weight excluding hydrogens is 200 g/mol. The molecule has 4 heteroatoms. The van der Waals surface area contributed by atoms with E-state index < -0.39 is 5.82 Å². The SMILES string of the molecule is OCCCNCCc1cc(F)ccc1F. The van der Waals surface area contributed by atoms with Gasteiger partial charge in [0.1, 0.15) is 11.6 Å². The molecule has 0 aromatic heterocycles. The van der Waals surface area contributed by atoms with Gasteiger partial charge in [0, 0.05) is 6.61 Å². The maximum Gasteiger partial charge on any atom is 0.126 e. The maximum atomic E-state index is 13.1. The third kappa shape index (κ3) is 4.36. The topological polar surface area (TPSA) is 32.3 Å². The molecule has 0 bridgehead atoms. The Bertz CT molecular complexity index is 305. The van der Waals surface area contributed by atoms with Crippen LogP contribution in [0.2, 0.25) is 0 Å². The number of benzene rings is 1. The first-order valence-electron chi connectivity index (χ1n) is 4.99. The minimum absolute atomic E-state index is 0.140. The van der Waals surface area contributed by atoms with Gasteiger partial charge in [-0.1, -0.05) is 0 Å². The van der Waals surface area contributed by atoms with Crippen LogP contribution >= 0.6 is 0 Å². The first-order chi connectivity index (χ1) is 7.24. The molecule has 0 fully saturated rings. The minimum atomic E-state index is -0.415. The molecule has 0 unspecified atom stereocenters. The summed E-state index contributed by atoms with van der Waals surface area (Å²) in [6.45, 7) is 1.41. The molecule has 84 valence electrons. The summed E-state index contributed by atoms with van der Waals surface area (Å²) < 4.78 is 25.9. The standard InChI is InChI=1S/C11H15F2NO/c12-10-2-3-11(13)9(8-10)4-6-14-5-1-7-15/h2-3,8,14-15H,1,4-7H2. The Kier molecular flexibility index (Phi) is 5.21. The van der Waals surface area contributed by atoms with Crippen LogP contribution in [0.3, 0.4) is 0 Å². The van der Waals surface area contributed by atoms with Crippen LogP contribution in [-0.4, -0.2) is 24.8 Å². The summed E-state index contributed by atoms with van der Waals surface area (Å²) in [6, 6.07) is 3.46. The predicted molar refractivity (Wildman–Crippen MR) is 54.6 cm³/mol. The van der Waals surface area contributed by atoms with Crippen LogP contribution < -0.4 is 5.32 Å². The van der Waals surface area contributed by atoms with Crippen molar-refractivity contribution in [1.82, 2.24) is 5.32 Å². The number of nitrogens with one attached hydrogen (secondary N) is 1. The molecule has 1 aromatic rings. The van der Waals surface area contributed by atoms with Crippen molar-refractivity contribution in [3.8, 4) is 0 Å². The molecule has 0 aliphatic rings. The molecule has 0 heterocycles. The average Bonchev–Trinajstić information content (AvgIpc) is 2.23. The fraction of sp³-hybridized carbons (Fsp3) is 0.455. The Hall–Kier alpha value is -1.00. The van der Waals surface area contributed by atoms with Crippen molar-refractivity contribution in [2.45, 2.75) is 12.8 Å². The van der Waals surface area contributed by atoms with Crippen LogP contribution in [0.1, 0.15) is 12.0 Å². The molecule has 0 aliphatic heterocycles. The maximum absolute atomic E-state index is 13.1. The van der Waals surface area contributed by atoms with Crippen molar-refractivity contribution in [2.75, 3.05) is 19.7 Å². The lowest BCUT2D eigenvalue weighted by molar-refractivity contribution is 0.286. The normalized spacial score (nSPS) is 10.6. The van der Waals surface area contributed by atoms with E-state index in [4.69, 9.17) is 5.11 Å². The molecule has 0 aliphatic carbocycles. The van der Waals surface area contributed by atoms with E-state index in [0.29, 0.717) is 31.5 Å². The van der Waals surface area contributed by atoms with Gasteiger partial charge in [0.2, 0.25) is 0 Å². The summed E-state index contributed by atoms with van der Waals surface area (Å²) in [5.74, 6) is -0.790. The summed E-state index contributed by atoms with van der Waals surface area (Å²) in [5, 5.41) is 11.5. The quantitative estimate of drug-likeness (QED) is 0.704. The smallest absolute Gasteiger partial charge is 0.126 e. The Morgan fingerprint density at radius 1 is 1.20 bits per heavy atom. The van der Waals surface area contributed by atoms with E-state index in [1.807, 2.05) is 0 Å². The number of aliphatic hydroxyl groups is 1. The molecule has 1 rings (SSSR count). The van der Waals surface area contributed by atoms with Gasteiger partial charge in [-0.15, -0.1) is 0 Å². The molecule has 2 nitrogen and oxygen atoms in total. The highest BCUT2D eigenvalue weighted by Gasteiger charge is 2.02. The highest BCUT2D eigenvalue weighted by molar-refractivity contribution is 5.18. The fourth-order valence-corrected chi connectivity index (χ4v) is 1.29. The zero-order chi connectivity index (χ0) is 11.1. The third-order valence-corrected chi connectivity index (χ3v) is 2.09. The molecular formula is C11H15F2NO. The van der Waals surface area contributed by atoms with E-state index >= 15 is 0 Å². The largest absolute Gasteiger partial charge is 0.396 e. The van der Waals surface area contributed by atoms with E-state index in [1.165, 1.54) is 6.07 Å². The van der Waals surface area contributed by atoms with Gasteiger partial charge in [-0.3, -0.25) is 0 Å². The molecule has 0 spiro atoms. The van der Waals surface area contributed by atoms with E-state index in [9.17, 15) is 8.78 Å². The Balaban J connectivity index is 2.33. The van der Waals surface area contributed by atoms with Crippen molar-refractivity contribution in [1.29, 1.82) is 0 Å². The summed E-state index contributed by atoms with van der Waals surface area (Å²) in [4.78, 5) is 0. The van der Waals surface area contributed by atoms with Crippen LogP contribution in [0, 0.1) is 11.6 Å². The zero-order valence-corrected chi connectivity index (χ0v) is 8.47. The van der Waals surface area contributed by atoms with Gasteiger partial charge >= 0.3 is 0 Å². The van der Waals surface area contributed by atoms with Crippen molar-refractivity contribution >= 4 is 0 Å². The average molecular weight is 215 g/mol. The molecule has 2 N–H and O–H groups in total. The molecule has 0 radical (unpaired) electrons. The Morgan fingerprint density at radius 2 is 2.00 bits per heavy atom. The van der Waals surface area contributed by atoms with E-state index in [-0.39, 0.29) is 12.4 Å². The van der Waals surface area contributed by atoms with Crippen LogP contribution in [0.25, 0.3) is 0 Å². The number of hydrogen-bond acceptors (Lipinski definition) is 2. The molecule has 15 heavy (non-hydrogen) atoms. The first-order valence-corrected chi connectivity index (χ1v) is 4.99. The van der Waals surface area contributed by atoms with Gasteiger partial charge in [-0.2, -0.15) is 0 Å². The van der Waals surface area contributed by atoms with Gasteiger partial charge in [-0.25, -0.2) is 8.78 Å². The van der Waals surface area contributed by atoms with Crippen LogP contribution in [0.4, 0.5) is 8.78 Å².